The molecule has 10 heteroatoms. The second-order valence-corrected chi connectivity index (χ2v) is 13.7. The van der Waals surface area contributed by atoms with Crippen LogP contribution < -0.4 is 0 Å². The van der Waals surface area contributed by atoms with E-state index in [2.05, 4.69) is 13.8 Å². The number of carbonyl (C=O) groups is 6. The lowest BCUT2D eigenvalue weighted by Gasteiger charge is -2.59. The van der Waals surface area contributed by atoms with E-state index in [9.17, 15) is 28.8 Å². The van der Waals surface area contributed by atoms with Crippen LogP contribution in [0.2, 0.25) is 0 Å². The number of fused-ring (bicyclic) bond motifs is 5. The Kier molecular flexibility index (Phi) is 8.62. The molecule has 0 aromatic carbocycles. The molecule has 1 heterocycles. The van der Waals surface area contributed by atoms with E-state index in [1.165, 1.54) is 24.5 Å². The summed E-state index contributed by atoms with van der Waals surface area (Å²) in [5, 5.41) is 0. The van der Waals surface area contributed by atoms with Crippen LogP contribution in [0.5, 0.6) is 0 Å². The highest BCUT2D eigenvalue weighted by molar-refractivity contribution is 5.94. The number of esters is 3. The van der Waals surface area contributed by atoms with E-state index in [4.69, 9.17) is 14.2 Å². The van der Waals surface area contributed by atoms with Crippen molar-refractivity contribution < 1.29 is 43.0 Å². The van der Waals surface area contributed by atoms with Gasteiger partial charge in [0.2, 0.25) is 11.7 Å². The van der Waals surface area contributed by atoms with E-state index >= 15 is 0 Å². The van der Waals surface area contributed by atoms with E-state index < -0.39 is 47.4 Å². The number of hydrogen-bond donors (Lipinski definition) is 0. The molecule has 43 heavy (non-hydrogen) atoms. The summed E-state index contributed by atoms with van der Waals surface area (Å²) in [7, 11) is 1.28. The Morgan fingerprint density at radius 3 is 2.42 bits per heavy atom. The topological polar surface area (TPSA) is 133 Å². The average Bonchev–Trinajstić information content (AvgIpc) is 3.58. The molecule has 1 amide bonds. The monoisotopic (exact) mass is 599 g/mol. The van der Waals surface area contributed by atoms with Crippen molar-refractivity contribution in [2.24, 2.45) is 28.6 Å². The van der Waals surface area contributed by atoms with Crippen molar-refractivity contribution in [1.82, 2.24) is 4.90 Å². The van der Waals surface area contributed by atoms with Gasteiger partial charge in [-0.1, -0.05) is 19.4 Å². The number of hydrogen-bond acceptors (Lipinski definition) is 9. The number of methoxy groups -OCH3 is 1. The molecule has 236 valence electrons. The van der Waals surface area contributed by atoms with Crippen LogP contribution in [0.15, 0.2) is 11.6 Å². The van der Waals surface area contributed by atoms with Crippen LogP contribution in [0.1, 0.15) is 97.8 Å². The SMILES string of the molecule is COC(=O)[C@H]1CCCN1C(=O)CCC(=O)OCC(=O)[C@@]1(OC(C)=O)CC[C@H]2[C@@H]3CCC4=CC(=O)CC[C@]4(C)[C@H]3CC[C@@]21C. The summed E-state index contributed by atoms with van der Waals surface area (Å²) in [6.07, 6.45) is 8.66. The number of likely N-dealkylation sites (tertiary alicyclic amines) is 1. The number of ether oxygens (including phenoxy) is 3. The van der Waals surface area contributed by atoms with Gasteiger partial charge in [-0.25, -0.2) is 4.79 Å². The van der Waals surface area contributed by atoms with Crippen LogP contribution in [0.3, 0.4) is 0 Å². The molecule has 0 N–H and O–H groups in total. The molecule has 4 fully saturated rings. The van der Waals surface area contributed by atoms with Gasteiger partial charge in [0.25, 0.3) is 0 Å². The van der Waals surface area contributed by atoms with Gasteiger partial charge in [0.1, 0.15) is 6.04 Å². The molecule has 0 bridgehead atoms. The largest absolute Gasteiger partial charge is 0.467 e. The lowest BCUT2D eigenvalue weighted by atomic mass is 9.46. The second kappa shape index (κ2) is 11.8. The minimum absolute atomic E-state index is 0.0201. The highest BCUT2D eigenvalue weighted by Gasteiger charge is 2.68. The van der Waals surface area contributed by atoms with Gasteiger partial charge in [0, 0.05) is 31.7 Å². The highest BCUT2D eigenvalue weighted by atomic mass is 16.6. The summed E-state index contributed by atoms with van der Waals surface area (Å²) < 4.78 is 16.1. The Morgan fingerprint density at radius 2 is 1.70 bits per heavy atom. The van der Waals surface area contributed by atoms with Crippen molar-refractivity contribution in [3.8, 4) is 0 Å². The quantitative estimate of drug-likeness (QED) is 0.301. The Balaban J connectivity index is 1.25. The Morgan fingerprint density at radius 1 is 0.953 bits per heavy atom. The van der Waals surface area contributed by atoms with Gasteiger partial charge in [-0.3, -0.25) is 24.0 Å². The van der Waals surface area contributed by atoms with Gasteiger partial charge in [0.15, 0.2) is 18.0 Å². The van der Waals surface area contributed by atoms with Gasteiger partial charge in [-0.05, 0) is 87.0 Å². The van der Waals surface area contributed by atoms with E-state index in [1.807, 2.05) is 6.08 Å². The fourth-order valence-electron chi connectivity index (χ4n) is 9.62. The second-order valence-electron chi connectivity index (χ2n) is 13.7. The van der Waals surface area contributed by atoms with Crippen molar-refractivity contribution in [1.29, 1.82) is 0 Å². The van der Waals surface area contributed by atoms with E-state index in [1.54, 1.807) is 0 Å². The van der Waals surface area contributed by atoms with Crippen LogP contribution in [0.4, 0.5) is 0 Å². The zero-order valence-electron chi connectivity index (χ0n) is 25.9. The third-order valence-corrected chi connectivity index (χ3v) is 11.8. The summed E-state index contributed by atoms with van der Waals surface area (Å²) in [5.74, 6) is -1.30. The third-order valence-electron chi connectivity index (χ3n) is 11.8. The maximum atomic E-state index is 13.9. The lowest BCUT2D eigenvalue weighted by molar-refractivity contribution is -0.191. The molecular formula is C33H45NO9. The predicted octanol–water partition coefficient (Wildman–Crippen LogP) is 3.88. The predicted molar refractivity (Wildman–Crippen MR) is 153 cm³/mol. The van der Waals surface area contributed by atoms with Gasteiger partial charge in [-0.15, -0.1) is 0 Å². The molecule has 0 aromatic heterocycles. The lowest BCUT2D eigenvalue weighted by Crippen LogP contribution is -2.59. The summed E-state index contributed by atoms with van der Waals surface area (Å²) in [6.45, 7) is 5.57. The molecule has 1 aliphatic heterocycles. The fraction of sp³-hybridized carbons (Fsp3) is 0.758. The Hall–Kier alpha value is -3.04. The fourth-order valence-corrected chi connectivity index (χ4v) is 9.62. The van der Waals surface area contributed by atoms with Gasteiger partial charge in [0.05, 0.1) is 13.5 Å². The number of allylic oxidation sites excluding steroid dienone is 1. The number of ketones is 2. The van der Waals surface area contributed by atoms with Crippen molar-refractivity contribution in [2.45, 2.75) is 109 Å². The first-order chi connectivity index (χ1) is 20.4. The molecule has 7 atom stereocenters. The van der Waals surface area contributed by atoms with Crippen LogP contribution >= 0.6 is 0 Å². The van der Waals surface area contributed by atoms with Crippen LogP contribution in [0.25, 0.3) is 0 Å². The van der Waals surface area contributed by atoms with Gasteiger partial charge in [-0.2, -0.15) is 0 Å². The first kappa shape index (κ1) is 31.4. The maximum Gasteiger partial charge on any atom is 0.328 e. The smallest absolute Gasteiger partial charge is 0.328 e. The maximum absolute atomic E-state index is 13.9. The number of rotatable bonds is 8. The number of Topliss-reactive ketones (excluding diaryl/α,β-unsaturated/α-hetero) is 1. The van der Waals surface area contributed by atoms with Crippen molar-refractivity contribution in [3.63, 3.8) is 0 Å². The van der Waals surface area contributed by atoms with Crippen molar-refractivity contribution in [3.05, 3.63) is 11.6 Å². The van der Waals surface area contributed by atoms with Crippen LogP contribution in [0, 0.1) is 28.6 Å². The molecule has 5 rings (SSSR count). The molecule has 10 nitrogen and oxygen atoms in total. The van der Waals surface area contributed by atoms with Crippen LogP contribution in [-0.4, -0.2) is 72.2 Å². The highest BCUT2D eigenvalue weighted by Crippen LogP contribution is 2.68. The molecular weight excluding hydrogens is 554 g/mol. The minimum atomic E-state index is -1.38. The van der Waals surface area contributed by atoms with E-state index in [0.29, 0.717) is 50.5 Å². The molecule has 1 saturated heterocycles. The van der Waals surface area contributed by atoms with Crippen molar-refractivity contribution >= 4 is 35.4 Å². The van der Waals surface area contributed by atoms with Gasteiger partial charge < -0.3 is 19.1 Å². The van der Waals surface area contributed by atoms with Crippen LogP contribution in [-0.2, 0) is 43.0 Å². The molecule has 5 aliphatic rings. The summed E-state index contributed by atoms with van der Waals surface area (Å²) in [5.41, 5.74) is -0.730. The zero-order valence-corrected chi connectivity index (χ0v) is 25.9. The average molecular weight is 600 g/mol. The molecule has 0 radical (unpaired) electrons. The number of amides is 1. The summed E-state index contributed by atoms with van der Waals surface area (Å²) >= 11 is 0. The molecule has 0 aromatic rings. The Bertz CT molecular complexity index is 1240. The van der Waals surface area contributed by atoms with E-state index in [0.717, 1.165) is 32.1 Å². The molecule has 4 aliphatic carbocycles. The molecule has 3 saturated carbocycles. The summed E-state index contributed by atoms with van der Waals surface area (Å²) in [4.78, 5) is 77.3. The minimum Gasteiger partial charge on any atom is -0.467 e. The standard InChI is InChI=1S/C33H45NO9/c1-20(35)43-33(27(37)19-42-29(39)10-9-28(38)34-17-5-6-26(34)30(40)41-4)16-13-25-23-8-7-21-18-22(36)11-14-31(21,2)24(23)12-15-32(25,33)3/h18,23-26H,5-17,19H2,1-4H3/t23-,24+,25+,26-,31+,32+,33+/m1/s1. The normalized spacial score (nSPS) is 36.5. The first-order valence-electron chi connectivity index (χ1n) is 15.9. The first-order valence-corrected chi connectivity index (χ1v) is 15.9. The molecule has 0 unspecified atom stereocenters. The van der Waals surface area contributed by atoms with Crippen molar-refractivity contribution in [2.75, 3.05) is 20.3 Å². The third kappa shape index (κ3) is 5.33. The number of carbonyl (C=O) groups excluding carboxylic acids is 6. The summed E-state index contributed by atoms with van der Waals surface area (Å²) in [6, 6.07) is -0.639. The van der Waals surface area contributed by atoms with E-state index in [-0.39, 0.29) is 35.9 Å². The van der Waals surface area contributed by atoms with Gasteiger partial charge >= 0.3 is 17.9 Å². The number of nitrogens with zero attached hydrogens (tertiary/aromatic N) is 1. The zero-order chi connectivity index (χ0) is 31.2. The Labute approximate surface area is 253 Å². The molecule has 0 spiro atoms.